The lowest BCUT2D eigenvalue weighted by molar-refractivity contribution is -0.0132. The molecule has 0 unspecified atom stereocenters. The number of rotatable bonds is 5. The predicted octanol–water partition coefficient (Wildman–Crippen LogP) is 4.16. The molecule has 8 rings (SSSR count). The van der Waals surface area contributed by atoms with Crippen LogP contribution in [0.15, 0.2) is 30.3 Å². The number of benzene rings is 1. The second kappa shape index (κ2) is 9.77. The molecule has 0 radical (unpaired) electrons. The Morgan fingerprint density at radius 1 is 1.16 bits per heavy atom. The molecule has 0 bridgehead atoms. The lowest BCUT2D eigenvalue weighted by Gasteiger charge is -2.46. The number of alkyl halides is 2. The maximum absolute atomic E-state index is 16.8. The van der Waals surface area contributed by atoms with Gasteiger partial charge in [-0.1, -0.05) is 19.1 Å². The van der Waals surface area contributed by atoms with Crippen LogP contribution >= 0.6 is 0 Å². The Labute approximate surface area is 251 Å². The zero-order valence-electron chi connectivity index (χ0n) is 24.5. The van der Waals surface area contributed by atoms with Crippen molar-refractivity contribution in [2.24, 2.45) is 0 Å². The van der Waals surface area contributed by atoms with Crippen molar-refractivity contribution in [2.45, 2.75) is 62.8 Å². The molecule has 7 heterocycles. The summed E-state index contributed by atoms with van der Waals surface area (Å²) < 4.78 is 58.1. The van der Waals surface area contributed by atoms with Crippen molar-refractivity contribution in [2.75, 3.05) is 43.4 Å². The Morgan fingerprint density at radius 3 is 2.80 bits per heavy atom. The van der Waals surface area contributed by atoms with E-state index in [1.54, 1.807) is 35.2 Å². The van der Waals surface area contributed by atoms with Crippen LogP contribution in [0, 0.1) is 5.82 Å². The lowest BCUT2D eigenvalue weighted by Crippen LogP contribution is -2.60. The van der Waals surface area contributed by atoms with Crippen LogP contribution in [0.25, 0.3) is 33.1 Å². The Bertz CT molecular complexity index is 1810. The molecule has 44 heavy (non-hydrogen) atoms. The number of hydrogen-bond donors (Lipinski definition) is 2. The van der Waals surface area contributed by atoms with E-state index in [9.17, 15) is 8.78 Å². The highest BCUT2D eigenvalue weighted by Crippen LogP contribution is 2.48. The zero-order chi connectivity index (χ0) is 30.4. The highest BCUT2D eigenvalue weighted by molar-refractivity contribution is 6.00. The number of anilines is 2. The van der Waals surface area contributed by atoms with E-state index in [1.165, 1.54) is 0 Å². The maximum Gasteiger partial charge on any atom is 0.319 e. The van der Waals surface area contributed by atoms with Gasteiger partial charge in [0, 0.05) is 43.0 Å². The van der Waals surface area contributed by atoms with Crippen LogP contribution in [-0.2, 0) is 0 Å². The fourth-order valence-electron chi connectivity index (χ4n) is 7.31. The van der Waals surface area contributed by atoms with Crippen molar-refractivity contribution in [3.05, 3.63) is 36.1 Å². The Hall–Kier alpha value is -3.97. The molecule has 4 aliphatic rings. The van der Waals surface area contributed by atoms with Crippen LogP contribution in [-0.4, -0.2) is 87.3 Å². The number of fused-ring (bicyclic) bond motifs is 4. The predicted molar refractivity (Wildman–Crippen MR) is 160 cm³/mol. The van der Waals surface area contributed by atoms with Gasteiger partial charge in [0.25, 0.3) is 5.92 Å². The Kier molecular flexibility index (Phi) is 6.12. The van der Waals surface area contributed by atoms with Crippen LogP contribution in [0.1, 0.15) is 33.1 Å². The molecule has 4 aromatic rings. The summed E-state index contributed by atoms with van der Waals surface area (Å²) >= 11 is 0. The van der Waals surface area contributed by atoms with Crippen LogP contribution < -0.4 is 25.4 Å². The molecule has 3 aromatic heterocycles. The number of piperazine rings is 1. The van der Waals surface area contributed by atoms with Gasteiger partial charge >= 0.3 is 6.01 Å². The first-order valence-electron chi connectivity index (χ1n) is 15.1. The molecule has 3 fully saturated rings. The molecule has 3 saturated heterocycles. The quantitative estimate of drug-likeness (QED) is 0.343. The summed E-state index contributed by atoms with van der Waals surface area (Å²) in [6, 6.07) is 8.81. The molecule has 0 spiro atoms. The van der Waals surface area contributed by atoms with Crippen molar-refractivity contribution < 1.29 is 22.6 Å². The van der Waals surface area contributed by atoms with Gasteiger partial charge in [-0.15, -0.1) is 0 Å². The smallest absolute Gasteiger partial charge is 0.319 e. The van der Waals surface area contributed by atoms with E-state index in [0.29, 0.717) is 59.5 Å². The number of nitrogens with one attached hydrogen (secondary N) is 1. The van der Waals surface area contributed by atoms with E-state index in [0.717, 1.165) is 6.42 Å². The van der Waals surface area contributed by atoms with E-state index >= 15 is 4.39 Å². The van der Waals surface area contributed by atoms with E-state index in [2.05, 4.69) is 27.1 Å². The molecule has 0 saturated carbocycles. The second-order valence-corrected chi connectivity index (χ2v) is 12.5. The van der Waals surface area contributed by atoms with Gasteiger partial charge < -0.3 is 25.4 Å². The standard InChI is InChI=1S/C31H33F3N8O2/c1-3-17-12-42-21(11-36-17)16(2)44-28-23-26(24(32)25(38-28)19-5-4-6-20-18(19)7-8-22(35)37-20)39-29(40-27(23)42)43-15-30-9-10-41(30)14-31(33,34)13-30/h4-8,16-17,21,36H,3,9-15H2,1-2H3,(H2,35,37)/t16-,17+,21-,30+/m0/s1. The second-order valence-electron chi connectivity index (χ2n) is 12.5. The molecule has 3 N–H and O–H groups in total. The third kappa shape index (κ3) is 4.23. The first-order chi connectivity index (χ1) is 21.1. The van der Waals surface area contributed by atoms with Crippen molar-refractivity contribution in [3.63, 3.8) is 0 Å². The molecule has 13 heteroatoms. The van der Waals surface area contributed by atoms with E-state index in [4.69, 9.17) is 25.2 Å². The monoisotopic (exact) mass is 606 g/mol. The normalized spacial score (nSPS) is 27.4. The van der Waals surface area contributed by atoms with Crippen LogP contribution in [0.5, 0.6) is 11.9 Å². The first kappa shape index (κ1) is 27.6. The summed E-state index contributed by atoms with van der Waals surface area (Å²) in [5.74, 6) is -2.38. The van der Waals surface area contributed by atoms with Crippen LogP contribution in [0.4, 0.5) is 24.8 Å². The summed E-state index contributed by atoms with van der Waals surface area (Å²) in [6.07, 6.45) is 0.889. The first-order valence-corrected chi connectivity index (χ1v) is 15.1. The number of nitrogens with zero attached hydrogens (tertiary/aromatic N) is 6. The van der Waals surface area contributed by atoms with Gasteiger partial charge in [0.2, 0.25) is 5.88 Å². The third-order valence-corrected chi connectivity index (χ3v) is 9.76. The van der Waals surface area contributed by atoms with E-state index in [-0.39, 0.29) is 60.9 Å². The van der Waals surface area contributed by atoms with Crippen molar-refractivity contribution in [3.8, 4) is 23.1 Å². The van der Waals surface area contributed by atoms with Crippen molar-refractivity contribution in [1.82, 2.24) is 30.2 Å². The van der Waals surface area contributed by atoms with Crippen LogP contribution in [0.2, 0.25) is 0 Å². The number of nitrogens with two attached hydrogens (primary N) is 1. The lowest BCUT2D eigenvalue weighted by atomic mass is 9.85. The van der Waals surface area contributed by atoms with Gasteiger partial charge in [-0.2, -0.15) is 9.97 Å². The Balaban J connectivity index is 1.30. The minimum atomic E-state index is -2.77. The summed E-state index contributed by atoms with van der Waals surface area (Å²) in [7, 11) is 0. The fourth-order valence-corrected chi connectivity index (χ4v) is 7.31. The summed E-state index contributed by atoms with van der Waals surface area (Å²) in [6.45, 7) is 5.62. The molecular weight excluding hydrogens is 573 g/mol. The van der Waals surface area contributed by atoms with Gasteiger partial charge in [0.05, 0.1) is 23.6 Å². The van der Waals surface area contributed by atoms with Crippen molar-refractivity contribution in [1.29, 1.82) is 0 Å². The van der Waals surface area contributed by atoms with Gasteiger partial charge in [-0.05, 0) is 38.0 Å². The fraction of sp³-hybridized carbons (Fsp3) is 0.484. The van der Waals surface area contributed by atoms with Crippen LogP contribution in [0.3, 0.4) is 0 Å². The summed E-state index contributed by atoms with van der Waals surface area (Å²) in [4.78, 5) is 22.4. The topological polar surface area (TPSA) is 115 Å². The van der Waals surface area contributed by atoms with Gasteiger partial charge in [-0.25, -0.2) is 23.1 Å². The SMILES string of the molecule is CC[C@@H]1CN2c3nc(OC[C@]45CCN4CC(F)(F)C5)nc4c(F)c(-c5cccc6nc(N)ccc56)nc(c34)O[C@@H](C)[C@@H]2CN1. The van der Waals surface area contributed by atoms with E-state index in [1.807, 2.05) is 6.92 Å². The molecule has 230 valence electrons. The van der Waals surface area contributed by atoms with Gasteiger partial charge in [0.1, 0.15) is 40.9 Å². The van der Waals surface area contributed by atoms with Gasteiger partial charge in [-0.3, -0.25) is 4.90 Å². The molecule has 4 atom stereocenters. The highest BCUT2D eigenvalue weighted by Gasteiger charge is 2.60. The summed E-state index contributed by atoms with van der Waals surface area (Å²) in [5.41, 5.74) is 6.31. The average molecular weight is 607 g/mol. The minimum absolute atomic E-state index is 0.00422. The molecule has 1 aromatic carbocycles. The zero-order valence-corrected chi connectivity index (χ0v) is 24.5. The largest absolute Gasteiger partial charge is 0.472 e. The highest BCUT2D eigenvalue weighted by atomic mass is 19.3. The molecule has 10 nitrogen and oxygen atoms in total. The number of hydrogen-bond acceptors (Lipinski definition) is 10. The number of nitrogen functional groups attached to an aromatic ring is 1. The minimum Gasteiger partial charge on any atom is -0.472 e. The van der Waals surface area contributed by atoms with Gasteiger partial charge in [0.15, 0.2) is 5.82 Å². The maximum atomic E-state index is 16.8. The summed E-state index contributed by atoms with van der Waals surface area (Å²) in [5, 5.41) is 4.61. The molecule has 4 aliphatic heterocycles. The number of halogens is 3. The molecular formula is C31H33F3N8O2. The average Bonchev–Trinajstić information content (AvgIpc) is 3.11. The Morgan fingerprint density at radius 2 is 2.02 bits per heavy atom. The number of pyridine rings is 2. The third-order valence-electron chi connectivity index (χ3n) is 9.76. The number of aromatic nitrogens is 4. The van der Waals surface area contributed by atoms with E-state index < -0.39 is 17.3 Å². The van der Waals surface area contributed by atoms with Crippen molar-refractivity contribution >= 4 is 33.4 Å². The molecule has 0 aliphatic carbocycles. The molecule has 0 amide bonds. The number of ether oxygens (including phenoxy) is 2.